The molecular weight excluding hydrogens is 481 g/mol. The maximum Gasteiger partial charge on any atom is 0.490 e. The third-order valence-corrected chi connectivity index (χ3v) is 6.07. The average Bonchev–Trinajstić information content (AvgIpc) is 3.13. The highest BCUT2D eigenvalue weighted by atomic mass is 19.4. The first-order chi connectivity index (χ1) is 16.8. The van der Waals surface area contributed by atoms with Gasteiger partial charge in [-0.15, -0.1) is 0 Å². The van der Waals surface area contributed by atoms with Crippen molar-refractivity contribution in [1.29, 1.82) is 0 Å². The van der Waals surface area contributed by atoms with E-state index in [9.17, 15) is 22.8 Å². The van der Waals surface area contributed by atoms with E-state index in [1.807, 2.05) is 6.92 Å². The molecule has 194 valence electrons. The fourth-order valence-electron chi connectivity index (χ4n) is 4.45. The summed E-state index contributed by atoms with van der Waals surface area (Å²) in [5.74, 6) is -2.67. The highest BCUT2D eigenvalue weighted by molar-refractivity contribution is 5.97. The Morgan fingerprint density at radius 3 is 2.19 bits per heavy atom. The van der Waals surface area contributed by atoms with Gasteiger partial charge in [0, 0.05) is 43.7 Å². The molecule has 0 saturated carbocycles. The zero-order chi connectivity index (χ0) is 26.7. The van der Waals surface area contributed by atoms with Gasteiger partial charge in [-0.2, -0.15) is 13.2 Å². The number of aliphatic carboxylic acids is 1. The zero-order valence-corrected chi connectivity index (χ0v) is 19.8. The number of alkyl halides is 3. The minimum Gasteiger partial charge on any atom is -0.494 e. The maximum atomic E-state index is 12.6. The Balaban J connectivity index is 0.000000454. The minimum absolute atomic E-state index is 0.00397. The summed E-state index contributed by atoms with van der Waals surface area (Å²) in [6, 6.07) is 12.9. The van der Waals surface area contributed by atoms with Crippen molar-refractivity contribution < 1.29 is 42.5 Å². The van der Waals surface area contributed by atoms with Crippen LogP contribution in [0.2, 0.25) is 0 Å². The number of aryl methyl sites for hydroxylation is 1. The first-order valence-electron chi connectivity index (χ1n) is 11.2. The van der Waals surface area contributed by atoms with E-state index in [-0.39, 0.29) is 16.9 Å². The van der Waals surface area contributed by atoms with Gasteiger partial charge in [0.1, 0.15) is 5.75 Å². The van der Waals surface area contributed by atoms with Crippen molar-refractivity contribution in [3.05, 3.63) is 59.2 Å². The summed E-state index contributed by atoms with van der Waals surface area (Å²) >= 11 is 0. The monoisotopic (exact) mass is 508 g/mol. The summed E-state index contributed by atoms with van der Waals surface area (Å²) in [6.45, 7) is 8.01. The second-order valence-corrected chi connectivity index (χ2v) is 8.99. The van der Waals surface area contributed by atoms with E-state index in [1.165, 1.54) is 5.56 Å². The number of halogens is 3. The van der Waals surface area contributed by atoms with E-state index >= 15 is 0 Å². The molecule has 4 rings (SSSR count). The van der Waals surface area contributed by atoms with Gasteiger partial charge in [-0.1, -0.05) is 12.1 Å². The summed E-state index contributed by atoms with van der Waals surface area (Å²) in [7, 11) is 0. The topological polar surface area (TPSA) is 107 Å². The van der Waals surface area contributed by atoms with Crippen molar-refractivity contribution in [2.75, 3.05) is 31.1 Å². The fraction of sp³-hybridized carbons (Fsp3) is 0.400. The van der Waals surface area contributed by atoms with Crippen LogP contribution < -0.4 is 9.64 Å². The molecule has 2 aromatic carbocycles. The molecule has 2 aliphatic rings. The Hall–Kier alpha value is -3.60. The number of hydrogen-bond donors (Lipinski definition) is 2. The number of carbonyl (C=O) groups is 3. The highest BCUT2D eigenvalue weighted by Crippen LogP contribution is 2.42. The van der Waals surface area contributed by atoms with Crippen molar-refractivity contribution >= 4 is 23.5 Å². The van der Waals surface area contributed by atoms with E-state index in [0.29, 0.717) is 19.6 Å². The molecule has 2 aliphatic heterocycles. The summed E-state index contributed by atoms with van der Waals surface area (Å²) < 4.78 is 37.4. The van der Waals surface area contributed by atoms with Crippen LogP contribution in [-0.2, 0) is 16.1 Å². The highest BCUT2D eigenvalue weighted by Gasteiger charge is 2.51. The van der Waals surface area contributed by atoms with Crippen molar-refractivity contribution in [2.24, 2.45) is 5.41 Å². The molecule has 0 radical (unpaired) electrons. The molecule has 1 spiro atoms. The fourth-order valence-corrected chi connectivity index (χ4v) is 4.45. The number of carboxylic acids is 2. The number of benzene rings is 2. The van der Waals surface area contributed by atoms with Gasteiger partial charge < -0.3 is 19.8 Å². The van der Waals surface area contributed by atoms with Gasteiger partial charge >= 0.3 is 18.1 Å². The predicted molar refractivity (Wildman–Crippen MR) is 124 cm³/mol. The summed E-state index contributed by atoms with van der Waals surface area (Å²) in [4.78, 5) is 36.7. The lowest BCUT2D eigenvalue weighted by Crippen LogP contribution is -2.56. The summed E-state index contributed by atoms with van der Waals surface area (Å²) in [5, 5.41) is 16.2. The van der Waals surface area contributed by atoms with Crippen molar-refractivity contribution in [3.63, 3.8) is 0 Å². The number of likely N-dealkylation sites (tertiary alicyclic amines) is 1. The normalized spacial score (nSPS) is 16.8. The predicted octanol–water partition coefficient (Wildman–Crippen LogP) is 3.96. The van der Waals surface area contributed by atoms with Crippen LogP contribution in [0.15, 0.2) is 42.5 Å². The third-order valence-electron chi connectivity index (χ3n) is 6.07. The molecule has 1 amide bonds. The van der Waals surface area contributed by atoms with Gasteiger partial charge in [-0.3, -0.25) is 9.69 Å². The largest absolute Gasteiger partial charge is 0.494 e. The molecule has 2 saturated heterocycles. The lowest BCUT2D eigenvalue weighted by Gasteiger charge is -2.47. The number of carbonyl (C=O) groups excluding carboxylic acids is 1. The SMILES string of the molecule is CCOc1cc(CN2CC3(CC(=O)N(c4ccc(C(=O)O)cc4)C3)C2)ccc1C.O=C(O)C(F)(F)F. The van der Waals surface area contributed by atoms with Gasteiger partial charge in [0.15, 0.2) is 0 Å². The maximum absolute atomic E-state index is 12.6. The van der Waals surface area contributed by atoms with E-state index in [1.54, 1.807) is 29.2 Å². The zero-order valence-electron chi connectivity index (χ0n) is 19.8. The molecule has 2 N–H and O–H groups in total. The molecule has 0 aromatic heterocycles. The van der Waals surface area contributed by atoms with Crippen molar-refractivity contribution in [3.8, 4) is 5.75 Å². The molecular formula is C25H27F3N2O6. The number of rotatable bonds is 6. The van der Waals surface area contributed by atoms with Crippen LogP contribution >= 0.6 is 0 Å². The van der Waals surface area contributed by atoms with Crippen molar-refractivity contribution in [1.82, 2.24) is 4.90 Å². The number of hydrogen-bond acceptors (Lipinski definition) is 5. The van der Waals surface area contributed by atoms with Crippen LogP contribution in [0.4, 0.5) is 18.9 Å². The van der Waals surface area contributed by atoms with Crippen LogP contribution in [0.25, 0.3) is 0 Å². The Morgan fingerprint density at radius 1 is 1.06 bits per heavy atom. The van der Waals surface area contributed by atoms with Crippen LogP contribution in [0.5, 0.6) is 5.75 Å². The molecule has 11 heteroatoms. The van der Waals surface area contributed by atoms with Gasteiger partial charge in [0.05, 0.1) is 12.2 Å². The molecule has 36 heavy (non-hydrogen) atoms. The van der Waals surface area contributed by atoms with E-state index in [2.05, 4.69) is 30.0 Å². The Morgan fingerprint density at radius 2 is 1.67 bits per heavy atom. The van der Waals surface area contributed by atoms with Crippen LogP contribution in [0.3, 0.4) is 0 Å². The number of amides is 1. The van der Waals surface area contributed by atoms with Crippen LogP contribution in [0.1, 0.15) is 34.8 Å². The van der Waals surface area contributed by atoms with Gasteiger partial charge in [0.2, 0.25) is 5.91 Å². The smallest absolute Gasteiger partial charge is 0.490 e. The molecule has 2 fully saturated rings. The summed E-state index contributed by atoms with van der Waals surface area (Å²) in [6.07, 6.45) is -4.54. The summed E-state index contributed by atoms with van der Waals surface area (Å²) in [5.41, 5.74) is 3.36. The van der Waals surface area contributed by atoms with E-state index in [4.69, 9.17) is 19.7 Å². The minimum atomic E-state index is -5.08. The second-order valence-electron chi connectivity index (χ2n) is 8.99. The molecule has 0 bridgehead atoms. The Bertz CT molecular complexity index is 1130. The molecule has 2 heterocycles. The van der Waals surface area contributed by atoms with Gasteiger partial charge in [-0.25, -0.2) is 9.59 Å². The molecule has 2 aromatic rings. The number of nitrogens with zero attached hydrogens (tertiary/aromatic N) is 2. The molecule has 8 nitrogen and oxygen atoms in total. The quantitative estimate of drug-likeness (QED) is 0.608. The lowest BCUT2D eigenvalue weighted by molar-refractivity contribution is -0.192. The molecule has 0 unspecified atom stereocenters. The molecule has 0 aliphatic carbocycles. The van der Waals surface area contributed by atoms with Crippen LogP contribution in [0, 0.1) is 12.3 Å². The Kier molecular flexibility index (Phi) is 7.92. The number of aromatic carboxylic acids is 1. The number of anilines is 1. The van der Waals surface area contributed by atoms with E-state index < -0.39 is 18.1 Å². The van der Waals surface area contributed by atoms with Gasteiger partial charge in [-0.05, 0) is 55.3 Å². The van der Waals surface area contributed by atoms with Gasteiger partial charge in [0.25, 0.3) is 0 Å². The third kappa shape index (κ3) is 6.34. The first-order valence-corrected chi connectivity index (χ1v) is 11.2. The number of carboxylic acid groups (broad SMARTS) is 2. The standard InChI is InChI=1S/C23H26N2O4.C2HF3O2/c1-3-29-20-10-17(5-4-16(20)2)12-24-13-23(14-24)11-21(26)25(15-23)19-8-6-18(7-9-19)22(27)28;3-2(4,5)1(6)7/h4-10H,3,11-15H2,1-2H3,(H,27,28);(H,6,7). The average molecular weight is 508 g/mol. The van der Waals surface area contributed by atoms with Crippen LogP contribution in [-0.4, -0.2) is 65.4 Å². The first kappa shape index (κ1) is 27.0. The van der Waals surface area contributed by atoms with Crippen molar-refractivity contribution in [2.45, 2.75) is 33.0 Å². The Labute approximate surface area is 205 Å². The molecule has 0 atom stereocenters. The lowest BCUT2D eigenvalue weighted by atomic mass is 9.78. The second kappa shape index (κ2) is 10.6. The van der Waals surface area contributed by atoms with E-state index in [0.717, 1.165) is 36.6 Å². The number of ether oxygens (including phenoxy) is 1.